The van der Waals surface area contributed by atoms with E-state index in [1.54, 1.807) is 13.2 Å². The number of hydrogen-bond donors (Lipinski definition) is 2. The zero-order valence-electron chi connectivity index (χ0n) is 18.1. The number of aliphatic hydroxyl groups is 1. The summed E-state index contributed by atoms with van der Waals surface area (Å²) in [5, 5.41) is 13.5. The summed E-state index contributed by atoms with van der Waals surface area (Å²) in [5.74, 6) is 0.207. The van der Waals surface area contributed by atoms with E-state index in [0.29, 0.717) is 24.6 Å². The Balaban J connectivity index is 1.51. The number of halogens is 2. The molecule has 1 aliphatic heterocycles. The Bertz CT molecular complexity index is 845. The van der Waals surface area contributed by atoms with E-state index in [9.17, 15) is 13.9 Å². The molecule has 0 amide bonds. The first-order chi connectivity index (χ1) is 14.9. The molecule has 6 nitrogen and oxygen atoms in total. The molecule has 1 fully saturated rings. The third kappa shape index (κ3) is 7.14. The zero-order chi connectivity index (χ0) is 22.2. The predicted octanol–water partition coefficient (Wildman–Crippen LogP) is 2.25. The standard InChI is InChI=1S/C23H31F2N3O3/c1-27-7-9-28(10-8-27)15-20(29)16-31-23-11-17(3-6-22(23)30-2)13-26-14-18-12-19(24)4-5-21(18)25/h3-6,11-12,20,26,29H,7-10,13-16H2,1-2H3/t20-/m1/s1. The summed E-state index contributed by atoms with van der Waals surface area (Å²) in [6.45, 7) is 5.24. The molecule has 8 heteroatoms. The lowest BCUT2D eigenvalue weighted by molar-refractivity contribution is 0.0497. The molecule has 31 heavy (non-hydrogen) atoms. The summed E-state index contributed by atoms with van der Waals surface area (Å²) >= 11 is 0. The van der Waals surface area contributed by atoms with E-state index < -0.39 is 17.7 Å². The summed E-state index contributed by atoms with van der Waals surface area (Å²) in [7, 11) is 3.66. The van der Waals surface area contributed by atoms with Crippen LogP contribution in [0.15, 0.2) is 36.4 Å². The minimum absolute atomic E-state index is 0.161. The largest absolute Gasteiger partial charge is 0.493 e. The molecule has 170 valence electrons. The Morgan fingerprint density at radius 2 is 1.81 bits per heavy atom. The molecule has 2 aromatic carbocycles. The van der Waals surface area contributed by atoms with Crippen LogP contribution in [0.1, 0.15) is 11.1 Å². The number of methoxy groups -OCH3 is 1. The Morgan fingerprint density at radius 1 is 1.03 bits per heavy atom. The van der Waals surface area contributed by atoms with Gasteiger partial charge < -0.3 is 24.8 Å². The van der Waals surface area contributed by atoms with Crippen LogP contribution in [0.5, 0.6) is 11.5 Å². The van der Waals surface area contributed by atoms with E-state index in [-0.39, 0.29) is 18.7 Å². The van der Waals surface area contributed by atoms with Crippen molar-refractivity contribution in [3.63, 3.8) is 0 Å². The van der Waals surface area contributed by atoms with Crippen molar-refractivity contribution < 1.29 is 23.4 Å². The van der Waals surface area contributed by atoms with Crippen molar-refractivity contribution in [3.8, 4) is 11.5 Å². The van der Waals surface area contributed by atoms with Crippen molar-refractivity contribution in [1.29, 1.82) is 0 Å². The minimum atomic E-state index is -0.606. The van der Waals surface area contributed by atoms with Crippen molar-refractivity contribution in [2.75, 3.05) is 53.5 Å². The lowest BCUT2D eigenvalue weighted by Crippen LogP contribution is -2.47. The molecule has 0 spiro atoms. The number of likely N-dealkylation sites (N-methyl/N-ethyl adjacent to an activating group) is 1. The maximum atomic E-state index is 13.7. The van der Waals surface area contributed by atoms with Crippen LogP contribution in [0.25, 0.3) is 0 Å². The number of aliphatic hydroxyl groups excluding tert-OH is 1. The molecule has 1 saturated heterocycles. The van der Waals surface area contributed by atoms with Crippen LogP contribution in [0.3, 0.4) is 0 Å². The first-order valence-electron chi connectivity index (χ1n) is 10.5. The van der Waals surface area contributed by atoms with Crippen molar-refractivity contribution in [2.24, 2.45) is 0 Å². The Kier molecular flexibility index (Phi) is 8.60. The molecule has 0 aromatic heterocycles. The van der Waals surface area contributed by atoms with Gasteiger partial charge in [0, 0.05) is 51.4 Å². The van der Waals surface area contributed by atoms with Gasteiger partial charge in [0.25, 0.3) is 0 Å². The molecule has 1 aliphatic rings. The molecule has 0 aliphatic carbocycles. The minimum Gasteiger partial charge on any atom is -0.493 e. The number of β-amino-alcohol motifs (C(OH)–C–C–N with tert-alkyl or cyclic N) is 1. The highest BCUT2D eigenvalue weighted by atomic mass is 19.1. The van der Waals surface area contributed by atoms with Gasteiger partial charge in [-0.15, -0.1) is 0 Å². The molecular formula is C23H31F2N3O3. The first kappa shape index (κ1) is 23.4. The van der Waals surface area contributed by atoms with Gasteiger partial charge in [0.1, 0.15) is 24.3 Å². The highest BCUT2D eigenvalue weighted by Gasteiger charge is 2.18. The van der Waals surface area contributed by atoms with Crippen LogP contribution in [-0.2, 0) is 13.1 Å². The van der Waals surface area contributed by atoms with E-state index >= 15 is 0 Å². The average Bonchev–Trinajstić information content (AvgIpc) is 2.76. The smallest absolute Gasteiger partial charge is 0.161 e. The van der Waals surface area contributed by atoms with Gasteiger partial charge in [-0.1, -0.05) is 6.07 Å². The molecule has 1 heterocycles. The van der Waals surface area contributed by atoms with Crippen LogP contribution in [-0.4, -0.2) is 74.5 Å². The molecular weight excluding hydrogens is 404 g/mol. The van der Waals surface area contributed by atoms with Crippen LogP contribution < -0.4 is 14.8 Å². The predicted molar refractivity (Wildman–Crippen MR) is 115 cm³/mol. The molecule has 3 rings (SSSR count). The molecule has 0 unspecified atom stereocenters. The van der Waals surface area contributed by atoms with Gasteiger partial charge in [0.2, 0.25) is 0 Å². The topological polar surface area (TPSA) is 57.2 Å². The Labute approximate surface area is 182 Å². The van der Waals surface area contributed by atoms with Crippen molar-refractivity contribution in [1.82, 2.24) is 15.1 Å². The van der Waals surface area contributed by atoms with Gasteiger partial charge in [-0.05, 0) is 42.9 Å². The van der Waals surface area contributed by atoms with Crippen molar-refractivity contribution in [2.45, 2.75) is 19.2 Å². The third-order valence-corrected chi connectivity index (χ3v) is 5.38. The summed E-state index contributed by atoms with van der Waals surface area (Å²) in [5.41, 5.74) is 1.18. The SMILES string of the molecule is COc1ccc(CNCc2cc(F)ccc2F)cc1OC[C@H](O)CN1CCN(C)CC1. The fourth-order valence-electron chi connectivity index (χ4n) is 3.53. The fourth-order valence-corrected chi connectivity index (χ4v) is 3.53. The molecule has 1 atom stereocenters. The Morgan fingerprint density at radius 3 is 2.55 bits per heavy atom. The second-order valence-electron chi connectivity index (χ2n) is 7.89. The second-order valence-corrected chi connectivity index (χ2v) is 7.89. The van der Waals surface area contributed by atoms with Gasteiger partial charge in [0.05, 0.1) is 7.11 Å². The monoisotopic (exact) mass is 435 g/mol. The molecule has 0 bridgehead atoms. The van der Waals surface area contributed by atoms with E-state index in [2.05, 4.69) is 22.2 Å². The van der Waals surface area contributed by atoms with E-state index in [4.69, 9.17) is 9.47 Å². The van der Waals surface area contributed by atoms with E-state index in [0.717, 1.165) is 43.9 Å². The summed E-state index contributed by atoms with van der Waals surface area (Å²) < 4.78 is 38.3. The van der Waals surface area contributed by atoms with Gasteiger partial charge in [0.15, 0.2) is 11.5 Å². The lowest BCUT2D eigenvalue weighted by Gasteiger charge is -2.33. The van der Waals surface area contributed by atoms with Crippen LogP contribution >= 0.6 is 0 Å². The number of piperazine rings is 1. The van der Waals surface area contributed by atoms with Gasteiger partial charge in [-0.2, -0.15) is 0 Å². The van der Waals surface area contributed by atoms with E-state index in [1.165, 1.54) is 6.07 Å². The molecule has 2 aromatic rings. The maximum Gasteiger partial charge on any atom is 0.161 e. The average molecular weight is 436 g/mol. The van der Waals surface area contributed by atoms with Crippen LogP contribution in [0, 0.1) is 11.6 Å². The van der Waals surface area contributed by atoms with Crippen LogP contribution in [0.2, 0.25) is 0 Å². The molecule has 0 radical (unpaired) electrons. The number of rotatable bonds is 10. The highest BCUT2D eigenvalue weighted by molar-refractivity contribution is 5.43. The number of nitrogens with zero attached hydrogens (tertiary/aromatic N) is 2. The fraction of sp³-hybridized carbons (Fsp3) is 0.478. The lowest BCUT2D eigenvalue weighted by atomic mass is 10.1. The number of ether oxygens (including phenoxy) is 2. The quantitative estimate of drug-likeness (QED) is 0.597. The number of hydrogen-bond acceptors (Lipinski definition) is 6. The summed E-state index contributed by atoms with van der Waals surface area (Å²) in [6.07, 6.45) is -0.606. The number of nitrogens with one attached hydrogen (secondary N) is 1. The van der Waals surface area contributed by atoms with Gasteiger partial charge >= 0.3 is 0 Å². The van der Waals surface area contributed by atoms with Crippen LogP contribution in [0.4, 0.5) is 8.78 Å². The highest BCUT2D eigenvalue weighted by Crippen LogP contribution is 2.28. The Hall–Kier alpha value is -2.26. The van der Waals surface area contributed by atoms with Crippen molar-refractivity contribution >= 4 is 0 Å². The first-order valence-corrected chi connectivity index (χ1v) is 10.5. The van der Waals surface area contributed by atoms with E-state index in [1.807, 2.05) is 12.1 Å². The van der Waals surface area contributed by atoms with Crippen molar-refractivity contribution in [3.05, 3.63) is 59.2 Å². The zero-order valence-corrected chi connectivity index (χ0v) is 18.1. The molecule has 0 saturated carbocycles. The van der Waals surface area contributed by atoms with Gasteiger partial charge in [-0.3, -0.25) is 4.90 Å². The third-order valence-electron chi connectivity index (χ3n) is 5.38. The number of benzene rings is 2. The molecule has 2 N–H and O–H groups in total. The maximum absolute atomic E-state index is 13.7. The summed E-state index contributed by atoms with van der Waals surface area (Å²) in [4.78, 5) is 4.50. The normalized spacial score (nSPS) is 16.3. The van der Waals surface area contributed by atoms with Gasteiger partial charge in [-0.25, -0.2) is 8.78 Å². The summed E-state index contributed by atoms with van der Waals surface area (Å²) in [6, 6.07) is 8.91. The second kappa shape index (κ2) is 11.4.